The maximum absolute atomic E-state index is 6.26. The van der Waals surface area contributed by atoms with Gasteiger partial charge in [-0.25, -0.2) is 9.97 Å². The highest BCUT2D eigenvalue weighted by Crippen LogP contribution is 2.27. The van der Waals surface area contributed by atoms with Crippen LogP contribution < -0.4 is 0 Å². The van der Waals surface area contributed by atoms with Crippen molar-refractivity contribution in [1.82, 2.24) is 9.97 Å². The summed E-state index contributed by atoms with van der Waals surface area (Å²) in [5.74, 6) is 1.03. The molecule has 2 aromatic rings. The Kier molecular flexibility index (Phi) is 3.67. The smallest absolute Gasteiger partial charge is 0.161 e. The Bertz CT molecular complexity index is 536. The maximum atomic E-state index is 6.26. The molecule has 1 aromatic carbocycles. The van der Waals surface area contributed by atoms with Crippen molar-refractivity contribution in [3.63, 3.8) is 0 Å². The third-order valence-electron chi connectivity index (χ3n) is 2.98. The standard InChI is InChI=1S/C15H17ClN2/c1-9(2)13-11(4)17-15(18-14(13)16)12-7-5-10(3)6-8-12/h5-9H,1-4H3. The molecule has 18 heavy (non-hydrogen) atoms. The summed E-state index contributed by atoms with van der Waals surface area (Å²) in [6.07, 6.45) is 0. The van der Waals surface area contributed by atoms with Gasteiger partial charge in [-0.3, -0.25) is 0 Å². The summed E-state index contributed by atoms with van der Waals surface area (Å²) in [6, 6.07) is 8.15. The van der Waals surface area contributed by atoms with E-state index in [-0.39, 0.29) is 0 Å². The number of aryl methyl sites for hydroxylation is 2. The second-order valence-electron chi connectivity index (χ2n) is 4.86. The van der Waals surface area contributed by atoms with Crippen molar-refractivity contribution < 1.29 is 0 Å². The van der Waals surface area contributed by atoms with Gasteiger partial charge in [0, 0.05) is 16.8 Å². The molecule has 0 spiro atoms. The van der Waals surface area contributed by atoms with E-state index in [4.69, 9.17) is 11.6 Å². The van der Waals surface area contributed by atoms with Crippen LogP contribution in [-0.2, 0) is 0 Å². The van der Waals surface area contributed by atoms with E-state index in [2.05, 4.69) is 42.9 Å². The zero-order valence-electron chi connectivity index (χ0n) is 11.2. The van der Waals surface area contributed by atoms with Crippen molar-refractivity contribution in [3.8, 4) is 11.4 Å². The SMILES string of the molecule is Cc1ccc(-c2nc(C)c(C(C)C)c(Cl)n2)cc1. The molecule has 94 valence electrons. The van der Waals surface area contributed by atoms with E-state index in [1.165, 1.54) is 5.56 Å². The Morgan fingerprint density at radius 3 is 2.11 bits per heavy atom. The lowest BCUT2D eigenvalue weighted by Gasteiger charge is -2.12. The minimum Gasteiger partial charge on any atom is -0.233 e. The summed E-state index contributed by atoms with van der Waals surface area (Å²) in [5.41, 5.74) is 4.22. The fourth-order valence-electron chi connectivity index (χ4n) is 2.03. The first-order valence-electron chi connectivity index (χ1n) is 6.10. The molecule has 1 aromatic heterocycles. The molecule has 0 aliphatic carbocycles. The molecule has 0 amide bonds. The number of rotatable bonds is 2. The number of nitrogens with zero attached hydrogens (tertiary/aromatic N) is 2. The van der Waals surface area contributed by atoms with Crippen molar-refractivity contribution in [2.24, 2.45) is 0 Å². The van der Waals surface area contributed by atoms with Gasteiger partial charge in [-0.1, -0.05) is 55.3 Å². The van der Waals surface area contributed by atoms with Crippen LogP contribution in [0.25, 0.3) is 11.4 Å². The number of benzene rings is 1. The second kappa shape index (κ2) is 5.07. The van der Waals surface area contributed by atoms with Gasteiger partial charge in [0.25, 0.3) is 0 Å². The van der Waals surface area contributed by atoms with Gasteiger partial charge in [-0.2, -0.15) is 0 Å². The molecule has 0 saturated carbocycles. The summed E-state index contributed by atoms with van der Waals surface area (Å²) < 4.78 is 0. The van der Waals surface area contributed by atoms with E-state index in [9.17, 15) is 0 Å². The zero-order valence-corrected chi connectivity index (χ0v) is 11.9. The molecule has 0 atom stereocenters. The molecule has 1 heterocycles. The topological polar surface area (TPSA) is 25.8 Å². The molecule has 2 nitrogen and oxygen atoms in total. The molecule has 0 saturated heterocycles. The summed E-state index contributed by atoms with van der Waals surface area (Å²) in [7, 11) is 0. The average molecular weight is 261 g/mol. The van der Waals surface area contributed by atoms with Crippen molar-refractivity contribution in [3.05, 3.63) is 46.2 Å². The molecule has 0 radical (unpaired) electrons. The van der Waals surface area contributed by atoms with Crippen LogP contribution in [0.4, 0.5) is 0 Å². The van der Waals surface area contributed by atoms with Crippen LogP contribution >= 0.6 is 11.6 Å². The van der Waals surface area contributed by atoms with Crippen molar-refractivity contribution in [1.29, 1.82) is 0 Å². The first-order chi connectivity index (χ1) is 8.49. The molecule has 0 bridgehead atoms. The molecule has 0 aliphatic rings. The third-order valence-corrected chi connectivity index (χ3v) is 3.26. The molecule has 0 unspecified atom stereocenters. The van der Waals surface area contributed by atoms with Gasteiger partial charge in [0.2, 0.25) is 0 Å². The average Bonchev–Trinajstić information content (AvgIpc) is 2.28. The molecule has 0 fully saturated rings. The fourth-order valence-corrected chi connectivity index (χ4v) is 2.47. The van der Waals surface area contributed by atoms with Gasteiger partial charge in [0.1, 0.15) is 5.15 Å². The van der Waals surface area contributed by atoms with Crippen LogP contribution in [0.3, 0.4) is 0 Å². The van der Waals surface area contributed by atoms with Crippen molar-refractivity contribution >= 4 is 11.6 Å². The molecular weight excluding hydrogens is 244 g/mol. The maximum Gasteiger partial charge on any atom is 0.161 e. The monoisotopic (exact) mass is 260 g/mol. The van der Waals surface area contributed by atoms with Crippen LogP contribution in [0, 0.1) is 13.8 Å². The Labute approximate surface area is 113 Å². The first-order valence-corrected chi connectivity index (χ1v) is 6.48. The van der Waals surface area contributed by atoms with Crippen molar-refractivity contribution in [2.75, 3.05) is 0 Å². The number of aromatic nitrogens is 2. The highest BCUT2D eigenvalue weighted by molar-refractivity contribution is 6.30. The Morgan fingerprint density at radius 1 is 1.00 bits per heavy atom. The van der Waals surface area contributed by atoms with Gasteiger partial charge < -0.3 is 0 Å². The molecule has 2 rings (SSSR count). The van der Waals surface area contributed by atoms with Gasteiger partial charge >= 0.3 is 0 Å². The Morgan fingerprint density at radius 2 is 1.61 bits per heavy atom. The van der Waals surface area contributed by atoms with E-state index in [0.29, 0.717) is 16.9 Å². The van der Waals surface area contributed by atoms with Crippen LogP contribution in [0.1, 0.15) is 36.6 Å². The van der Waals surface area contributed by atoms with Gasteiger partial charge in [0.15, 0.2) is 5.82 Å². The minimum absolute atomic E-state index is 0.338. The highest BCUT2D eigenvalue weighted by Gasteiger charge is 2.13. The molecule has 0 aliphatic heterocycles. The quantitative estimate of drug-likeness (QED) is 0.741. The molecule has 0 N–H and O–H groups in total. The van der Waals surface area contributed by atoms with E-state index in [1.54, 1.807) is 0 Å². The van der Waals surface area contributed by atoms with E-state index >= 15 is 0 Å². The summed E-state index contributed by atoms with van der Waals surface area (Å²) in [4.78, 5) is 8.97. The number of halogens is 1. The van der Waals surface area contributed by atoms with E-state index in [1.807, 2.05) is 19.1 Å². The predicted octanol–water partition coefficient (Wildman–Crippen LogP) is 4.54. The number of hydrogen-bond acceptors (Lipinski definition) is 2. The van der Waals surface area contributed by atoms with Gasteiger partial charge in [-0.15, -0.1) is 0 Å². The van der Waals surface area contributed by atoms with Crippen LogP contribution in [0.5, 0.6) is 0 Å². The third kappa shape index (κ3) is 2.54. The summed E-state index contributed by atoms with van der Waals surface area (Å²) in [6.45, 7) is 8.25. The Balaban J connectivity index is 2.51. The van der Waals surface area contributed by atoms with E-state index < -0.39 is 0 Å². The second-order valence-corrected chi connectivity index (χ2v) is 5.22. The lowest BCUT2D eigenvalue weighted by molar-refractivity contribution is 0.831. The molecular formula is C15H17ClN2. The normalized spacial score (nSPS) is 11.0. The van der Waals surface area contributed by atoms with Crippen LogP contribution in [-0.4, -0.2) is 9.97 Å². The zero-order chi connectivity index (χ0) is 13.3. The number of hydrogen-bond donors (Lipinski definition) is 0. The lowest BCUT2D eigenvalue weighted by Crippen LogP contribution is -2.01. The fraction of sp³-hybridized carbons (Fsp3) is 0.333. The van der Waals surface area contributed by atoms with Crippen molar-refractivity contribution in [2.45, 2.75) is 33.6 Å². The van der Waals surface area contributed by atoms with Crippen LogP contribution in [0.15, 0.2) is 24.3 Å². The van der Waals surface area contributed by atoms with E-state index in [0.717, 1.165) is 16.8 Å². The Hall–Kier alpha value is -1.41. The summed E-state index contributed by atoms with van der Waals surface area (Å²) >= 11 is 6.26. The largest absolute Gasteiger partial charge is 0.233 e. The van der Waals surface area contributed by atoms with Gasteiger partial charge in [-0.05, 0) is 19.8 Å². The van der Waals surface area contributed by atoms with Crippen LogP contribution in [0.2, 0.25) is 5.15 Å². The molecule has 3 heteroatoms. The first kappa shape index (κ1) is 13.0. The summed E-state index contributed by atoms with van der Waals surface area (Å²) in [5, 5.41) is 0.563. The minimum atomic E-state index is 0.338. The predicted molar refractivity (Wildman–Crippen MR) is 76.0 cm³/mol. The lowest BCUT2D eigenvalue weighted by atomic mass is 10.0. The van der Waals surface area contributed by atoms with Gasteiger partial charge in [0.05, 0.1) is 0 Å². The highest BCUT2D eigenvalue weighted by atomic mass is 35.5.